The molecule has 0 heterocycles. The third-order valence-electron chi connectivity index (χ3n) is 2.59. The average molecular weight is 320 g/mol. The number of esters is 1. The summed E-state index contributed by atoms with van der Waals surface area (Å²) >= 11 is 5.73. The maximum atomic E-state index is 11.6. The monoisotopic (exact) mass is 319 g/mol. The fourth-order valence-corrected chi connectivity index (χ4v) is 1.71. The van der Waals surface area contributed by atoms with Crippen molar-refractivity contribution < 1.29 is 19.1 Å². The second-order valence-electron chi connectivity index (χ2n) is 4.32. The van der Waals surface area contributed by atoms with Crippen LogP contribution < -0.4 is 10.1 Å². The van der Waals surface area contributed by atoms with Crippen LogP contribution in [0.15, 0.2) is 54.6 Å². The zero-order valence-electron chi connectivity index (χ0n) is 11.6. The maximum Gasteiger partial charge on any atom is 0.344 e. The van der Waals surface area contributed by atoms with Gasteiger partial charge in [-0.3, -0.25) is 4.79 Å². The Bertz CT molecular complexity index is 628. The summed E-state index contributed by atoms with van der Waals surface area (Å²) < 4.78 is 10.0. The second kappa shape index (κ2) is 8.05. The lowest BCUT2D eigenvalue weighted by Crippen LogP contribution is -2.23. The van der Waals surface area contributed by atoms with Gasteiger partial charge in [-0.1, -0.05) is 29.8 Å². The summed E-state index contributed by atoms with van der Waals surface area (Å²) in [6.45, 7) is -0.641. The molecule has 22 heavy (non-hydrogen) atoms. The Morgan fingerprint density at radius 1 is 0.955 bits per heavy atom. The number of anilines is 1. The highest BCUT2D eigenvalue weighted by molar-refractivity contribution is 6.30. The van der Waals surface area contributed by atoms with Crippen LogP contribution in [0.5, 0.6) is 5.75 Å². The molecule has 2 rings (SSSR count). The van der Waals surface area contributed by atoms with E-state index in [4.69, 9.17) is 21.1 Å². The number of ether oxygens (including phenoxy) is 2. The third kappa shape index (κ3) is 5.46. The maximum absolute atomic E-state index is 11.6. The highest BCUT2D eigenvalue weighted by Crippen LogP contribution is 2.15. The van der Waals surface area contributed by atoms with Gasteiger partial charge in [0.05, 0.1) is 0 Å². The summed E-state index contributed by atoms with van der Waals surface area (Å²) in [6.07, 6.45) is 0. The molecule has 0 aliphatic rings. The van der Waals surface area contributed by atoms with Crippen LogP contribution in [0.2, 0.25) is 5.02 Å². The highest BCUT2D eigenvalue weighted by atomic mass is 35.5. The van der Waals surface area contributed by atoms with E-state index in [0.717, 1.165) is 0 Å². The fourth-order valence-electron chi connectivity index (χ4n) is 1.58. The number of para-hydroxylation sites is 1. The number of hydrogen-bond acceptors (Lipinski definition) is 4. The smallest absolute Gasteiger partial charge is 0.344 e. The van der Waals surface area contributed by atoms with Crippen LogP contribution in [0.3, 0.4) is 0 Å². The molecule has 0 aliphatic carbocycles. The van der Waals surface area contributed by atoms with Crippen LogP contribution in [0.1, 0.15) is 0 Å². The van der Waals surface area contributed by atoms with Gasteiger partial charge in [0.25, 0.3) is 5.91 Å². The first-order chi connectivity index (χ1) is 10.6. The molecule has 6 heteroatoms. The molecule has 5 nitrogen and oxygen atoms in total. The van der Waals surface area contributed by atoms with Crippen molar-refractivity contribution in [3.8, 4) is 5.75 Å². The van der Waals surface area contributed by atoms with Crippen LogP contribution in [0.25, 0.3) is 0 Å². The molecule has 0 aromatic heterocycles. The van der Waals surface area contributed by atoms with E-state index < -0.39 is 11.9 Å². The van der Waals surface area contributed by atoms with Gasteiger partial charge in [-0.15, -0.1) is 0 Å². The Kier molecular flexibility index (Phi) is 5.80. The number of rotatable bonds is 6. The average Bonchev–Trinajstić information content (AvgIpc) is 2.53. The van der Waals surface area contributed by atoms with Crippen LogP contribution in [-0.4, -0.2) is 25.1 Å². The van der Waals surface area contributed by atoms with E-state index in [1.165, 1.54) is 0 Å². The largest absolute Gasteiger partial charge is 0.482 e. The van der Waals surface area contributed by atoms with Gasteiger partial charge in [0, 0.05) is 10.7 Å². The lowest BCUT2D eigenvalue weighted by atomic mass is 10.3. The van der Waals surface area contributed by atoms with Gasteiger partial charge in [0.2, 0.25) is 0 Å². The Balaban J connectivity index is 1.69. The quantitative estimate of drug-likeness (QED) is 0.831. The summed E-state index contributed by atoms with van der Waals surface area (Å²) in [5, 5.41) is 3.18. The van der Waals surface area contributed by atoms with E-state index >= 15 is 0 Å². The zero-order valence-corrected chi connectivity index (χ0v) is 12.4. The first-order valence-corrected chi connectivity index (χ1v) is 6.90. The van der Waals surface area contributed by atoms with E-state index in [0.29, 0.717) is 16.5 Å². The number of hydrogen-bond donors (Lipinski definition) is 1. The van der Waals surface area contributed by atoms with E-state index in [9.17, 15) is 9.59 Å². The summed E-state index contributed by atoms with van der Waals surface area (Å²) in [5.41, 5.74) is 0.640. The highest BCUT2D eigenvalue weighted by Gasteiger charge is 2.08. The lowest BCUT2D eigenvalue weighted by molar-refractivity contribution is -0.149. The summed E-state index contributed by atoms with van der Waals surface area (Å²) in [4.78, 5) is 23.1. The van der Waals surface area contributed by atoms with Crippen molar-refractivity contribution in [1.82, 2.24) is 0 Å². The van der Waals surface area contributed by atoms with Crippen molar-refractivity contribution >= 4 is 29.2 Å². The molecule has 114 valence electrons. The van der Waals surface area contributed by atoms with Crippen molar-refractivity contribution in [3.63, 3.8) is 0 Å². The minimum absolute atomic E-state index is 0.278. The van der Waals surface area contributed by atoms with Gasteiger partial charge in [-0.05, 0) is 36.4 Å². The molecule has 0 spiro atoms. The van der Waals surface area contributed by atoms with Crippen molar-refractivity contribution in [2.24, 2.45) is 0 Å². The summed E-state index contributed by atoms with van der Waals surface area (Å²) in [6, 6.07) is 15.5. The Hall–Kier alpha value is -2.53. The van der Waals surface area contributed by atoms with E-state index in [2.05, 4.69) is 5.32 Å². The van der Waals surface area contributed by atoms with Crippen molar-refractivity contribution in [2.75, 3.05) is 18.5 Å². The molecule has 0 fully saturated rings. The molecule has 0 saturated heterocycles. The first-order valence-electron chi connectivity index (χ1n) is 6.52. The minimum Gasteiger partial charge on any atom is -0.482 e. The topological polar surface area (TPSA) is 64.6 Å². The number of amides is 1. The Morgan fingerprint density at radius 2 is 1.64 bits per heavy atom. The molecule has 0 unspecified atom stereocenters. The van der Waals surface area contributed by atoms with Gasteiger partial charge in [0.1, 0.15) is 5.75 Å². The van der Waals surface area contributed by atoms with Crippen LogP contribution in [-0.2, 0) is 14.3 Å². The SMILES string of the molecule is O=C(COC(=O)COc1ccc(Cl)cc1)Nc1ccccc1. The van der Waals surface area contributed by atoms with Crippen molar-refractivity contribution in [3.05, 3.63) is 59.6 Å². The van der Waals surface area contributed by atoms with Crippen LogP contribution >= 0.6 is 11.6 Å². The molecule has 0 saturated carbocycles. The molecule has 2 aromatic carbocycles. The molecule has 2 aromatic rings. The molecule has 0 bridgehead atoms. The van der Waals surface area contributed by atoms with Gasteiger partial charge >= 0.3 is 5.97 Å². The molecule has 1 N–H and O–H groups in total. The predicted octanol–water partition coefficient (Wildman–Crippen LogP) is 2.90. The number of carbonyl (C=O) groups excluding carboxylic acids is 2. The van der Waals surface area contributed by atoms with Crippen molar-refractivity contribution in [1.29, 1.82) is 0 Å². The van der Waals surface area contributed by atoms with Gasteiger partial charge < -0.3 is 14.8 Å². The second-order valence-corrected chi connectivity index (χ2v) is 4.75. The van der Waals surface area contributed by atoms with E-state index in [1.54, 1.807) is 48.5 Å². The van der Waals surface area contributed by atoms with Gasteiger partial charge in [-0.2, -0.15) is 0 Å². The van der Waals surface area contributed by atoms with E-state index in [-0.39, 0.29) is 13.2 Å². The Labute approximate surface area is 132 Å². The summed E-state index contributed by atoms with van der Waals surface area (Å²) in [7, 11) is 0. The minimum atomic E-state index is -0.627. The fraction of sp³-hybridized carbons (Fsp3) is 0.125. The summed E-state index contributed by atoms with van der Waals surface area (Å²) in [5.74, 6) is -0.542. The number of nitrogens with one attached hydrogen (secondary N) is 1. The molecule has 1 amide bonds. The van der Waals surface area contributed by atoms with Crippen molar-refractivity contribution in [2.45, 2.75) is 0 Å². The van der Waals surface area contributed by atoms with Gasteiger partial charge in [-0.25, -0.2) is 4.79 Å². The first kappa shape index (κ1) is 15.9. The molecule has 0 radical (unpaired) electrons. The molecule has 0 atom stereocenters. The van der Waals surface area contributed by atoms with Crippen LogP contribution in [0, 0.1) is 0 Å². The normalized spacial score (nSPS) is 9.86. The molecular weight excluding hydrogens is 306 g/mol. The third-order valence-corrected chi connectivity index (χ3v) is 2.84. The number of carbonyl (C=O) groups is 2. The van der Waals surface area contributed by atoms with Crippen LogP contribution in [0.4, 0.5) is 5.69 Å². The lowest BCUT2D eigenvalue weighted by Gasteiger charge is -2.08. The molecular formula is C16H14ClNO4. The van der Waals surface area contributed by atoms with E-state index in [1.807, 2.05) is 6.07 Å². The zero-order chi connectivity index (χ0) is 15.8. The number of halogens is 1. The molecule has 0 aliphatic heterocycles. The van der Waals surface area contributed by atoms with Gasteiger partial charge in [0.15, 0.2) is 13.2 Å². The predicted molar refractivity (Wildman–Crippen MR) is 83.0 cm³/mol. The number of benzene rings is 2. The standard InChI is InChI=1S/C16H14ClNO4/c17-12-6-8-14(9-7-12)21-11-16(20)22-10-15(19)18-13-4-2-1-3-5-13/h1-9H,10-11H2,(H,18,19). The Morgan fingerprint density at radius 3 is 2.32 bits per heavy atom.